The van der Waals surface area contributed by atoms with Gasteiger partial charge in [0.15, 0.2) is 5.65 Å². The van der Waals surface area contributed by atoms with E-state index in [0.717, 1.165) is 9.09 Å². The molecular formula is C6H3FIN3. The number of nitrogens with zero attached hydrogens (tertiary/aromatic N) is 2. The van der Waals surface area contributed by atoms with E-state index in [1.54, 1.807) is 6.07 Å². The van der Waals surface area contributed by atoms with Crippen molar-refractivity contribution in [3.8, 4) is 0 Å². The van der Waals surface area contributed by atoms with Crippen molar-refractivity contribution in [1.82, 2.24) is 15.2 Å². The highest BCUT2D eigenvalue weighted by molar-refractivity contribution is 14.1. The molecule has 3 nitrogen and oxygen atoms in total. The molecule has 2 aromatic heterocycles. The van der Waals surface area contributed by atoms with Crippen LogP contribution in [0.2, 0.25) is 0 Å². The Bertz CT molecular complexity index is 398. The van der Waals surface area contributed by atoms with Crippen molar-refractivity contribution in [1.29, 1.82) is 0 Å². The molecule has 0 radical (unpaired) electrons. The number of halogens is 2. The Hall–Kier alpha value is -0.720. The van der Waals surface area contributed by atoms with Gasteiger partial charge in [0.1, 0.15) is 3.70 Å². The summed E-state index contributed by atoms with van der Waals surface area (Å²) in [6.07, 6.45) is 0. The van der Waals surface area contributed by atoms with Crippen LogP contribution in [0.1, 0.15) is 0 Å². The van der Waals surface area contributed by atoms with E-state index in [1.807, 2.05) is 0 Å². The van der Waals surface area contributed by atoms with E-state index in [2.05, 4.69) is 37.8 Å². The molecule has 0 saturated carbocycles. The molecule has 2 rings (SSSR count). The van der Waals surface area contributed by atoms with Gasteiger partial charge in [-0.15, -0.1) is 0 Å². The molecule has 0 aliphatic rings. The van der Waals surface area contributed by atoms with Gasteiger partial charge in [0.2, 0.25) is 5.95 Å². The van der Waals surface area contributed by atoms with Crippen molar-refractivity contribution >= 4 is 33.6 Å². The number of rotatable bonds is 0. The molecule has 0 saturated heterocycles. The van der Waals surface area contributed by atoms with E-state index in [4.69, 9.17) is 0 Å². The molecule has 2 aromatic rings. The minimum absolute atomic E-state index is 0.425. The van der Waals surface area contributed by atoms with Crippen LogP contribution in [0.5, 0.6) is 0 Å². The summed E-state index contributed by atoms with van der Waals surface area (Å²) in [7, 11) is 0. The summed E-state index contributed by atoms with van der Waals surface area (Å²) in [4.78, 5) is 3.58. The lowest BCUT2D eigenvalue weighted by Gasteiger charge is -1.86. The fraction of sp³-hybridized carbons (Fsp3) is 0. The maximum atomic E-state index is 12.5. The molecule has 56 valence electrons. The molecule has 0 aliphatic carbocycles. The second-order valence-electron chi connectivity index (χ2n) is 2.04. The molecule has 0 spiro atoms. The van der Waals surface area contributed by atoms with E-state index in [0.29, 0.717) is 5.65 Å². The number of fused-ring (bicyclic) bond motifs is 1. The Balaban J connectivity index is 2.86. The van der Waals surface area contributed by atoms with Crippen LogP contribution in [0.25, 0.3) is 11.0 Å². The van der Waals surface area contributed by atoms with Gasteiger partial charge >= 0.3 is 0 Å². The highest BCUT2D eigenvalue weighted by Gasteiger charge is 2.03. The Kier molecular flexibility index (Phi) is 1.52. The van der Waals surface area contributed by atoms with Crippen LogP contribution in [0.3, 0.4) is 0 Å². The first kappa shape index (κ1) is 6.96. The van der Waals surface area contributed by atoms with Gasteiger partial charge in [-0.2, -0.15) is 14.5 Å². The standard InChI is InChI=1S/C6H3FIN3/c7-4-2-1-3-5(8)10-11-6(3)9-4/h1-2H,(H,9,10,11). The third kappa shape index (κ3) is 1.09. The third-order valence-corrected chi connectivity index (χ3v) is 2.16. The predicted octanol–water partition coefficient (Wildman–Crippen LogP) is 1.70. The van der Waals surface area contributed by atoms with Gasteiger partial charge in [-0.1, -0.05) is 0 Å². The molecular weight excluding hydrogens is 260 g/mol. The minimum Gasteiger partial charge on any atom is -0.269 e. The highest BCUT2D eigenvalue weighted by Crippen LogP contribution is 2.15. The predicted molar refractivity (Wildman–Crippen MR) is 46.6 cm³/mol. The number of aromatic amines is 1. The first-order chi connectivity index (χ1) is 5.27. The van der Waals surface area contributed by atoms with Gasteiger partial charge in [0.05, 0.1) is 5.39 Å². The topological polar surface area (TPSA) is 41.6 Å². The normalized spacial score (nSPS) is 10.7. The van der Waals surface area contributed by atoms with Gasteiger partial charge in [0, 0.05) is 0 Å². The zero-order valence-electron chi connectivity index (χ0n) is 5.31. The van der Waals surface area contributed by atoms with Crippen molar-refractivity contribution < 1.29 is 4.39 Å². The van der Waals surface area contributed by atoms with Crippen LogP contribution < -0.4 is 0 Å². The van der Waals surface area contributed by atoms with Crippen molar-refractivity contribution in [2.24, 2.45) is 0 Å². The molecule has 0 atom stereocenters. The minimum atomic E-state index is -0.500. The SMILES string of the molecule is Fc1ccc2c(I)[nH]nc2n1. The molecule has 11 heavy (non-hydrogen) atoms. The first-order valence-corrected chi connectivity index (χ1v) is 4.01. The van der Waals surface area contributed by atoms with Crippen LogP contribution in [0, 0.1) is 9.65 Å². The summed E-state index contributed by atoms with van der Waals surface area (Å²) in [6.45, 7) is 0. The first-order valence-electron chi connectivity index (χ1n) is 2.93. The van der Waals surface area contributed by atoms with Gasteiger partial charge in [0.25, 0.3) is 0 Å². The second-order valence-corrected chi connectivity index (χ2v) is 3.12. The molecule has 5 heteroatoms. The largest absolute Gasteiger partial charge is 0.269 e. The van der Waals surface area contributed by atoms with Crippen LogP contribution in [0.4, 0.5) is 4.39 Å². The van der Waals surface area contributed by atoms with Gasteiger partial charge in [-0.3, -0.25) is 5.10 Å². The lowest BCUT2D eigenvalue weighted by Crippen LogP contribution is -1.81. The van der Waals surface area contributed by atoms with Crippen molar-refractivity contribution in [2.75, 3.05) is 0 Å². The highest BCUT2D eigenvalue weighted by atomic mass is 127. The number of pyridine rings is 1. The maximum Gasteiger partial charge on any atom is 0.214 e. The van der Waals surface area contributed by atoms with Crippen molar-refractivity contribution in [3.63, 3.8) is 0 Å². The zero-order chi connectivity index (χ0) is 7.84. The Labute approximate surface area is 75.2 Å². The molecule has 0 unspecified atom stereocenters. The average Bonchev–Trinajstić information content (AvgIpc) is 2.32. The average molecular weight is 263 g/mol. The lowest BCUT2D eigenvalue weighted by atomic mass is 10.4. The van der Waals surface area contributed by atoms with Crippen molar-refractivity contribution in [3.05, 3.63) is 21.8 Å². The van der Waals surface area contributed by atoms with Gasteiger partial charge < -0.3 is 0 Å². The molecule has 1 N–H and O–H groups in total. The van der Waals surface area contributed by atoms with E-state index in [-0.39, 0.29) is 0 Å². The summed E-state index contributed by atoms with van der Waals surface area (Å²) in [6, 6.07) is 2.98. The van der Waals surface area contributed by atoms with Crippen LogP contribution in [-0.4, -0.2) is 15.2 Å². The summed E-state index contributed by atoms with van der Waals surface area (Å²) in [5.74, 6) is -0.500. The zero-order valence-corrected chi connectivity index (χ0v) is 7.46. The number of H-pyrrole nitrogens is 1. The number of hydrogen-bond acceptors (Lipinski definition) is 2. The molecule has 0 bridgehead atoms. The molecule has 0 amide bonds. The van der Waals surface area contributed by atoms with Crippen molar-refractivity contribution in [2.45, 2.75) is 0 Å². The Morgan fingerprint density at radius 2 is 2.27 bits per heavy atom. The molecule has 0 aromatic carbocycles. The van der Waals surface area contributed by atoms with Crippen LogP contribution in [0.15, 0.2) is 12.1 Å². The lowest BCUT2D eigenvalue weighted by molar-refractivity contribution is 0.588. The number of aromatic nitrogens is 3. The molecule has 0 fully saturated rings. The van der Waals surface area contributed by atoms with Crippen LogP contribution >= 0.6 is 22.6 Å². The number of hydrogen-bond donors (Lipinski definition) is 1. The maximum absolute atomic E-state index is 12.5. The fourth-order valence-corrected chi connectivity index (χ4v) is 1.39. The van der Waals surface area contributed by atoms with Gasteiger partial charge in [-0.05, 0) is 34.7 Å². The second kappa shape index (κ2) is 2.40. The van der Waals surface area contributed by atoms with E-state index >= 15 is 0 Å². The monoisotopic (exact) mass is 263 g/mol. The van der Waals surface area contributed by atoms with E-state index in [9.17, 15) is 4.39 Å². The van der Waals surface area contributed by atoms with Gasteiger partial charge in [-0.25, -0.2) is 0 Å². The summed E-state index contributed by atoms with van der Waals surface area (Å²) < 4.78 is 13.4. The Morgan fingerprint density at radius 3 is 3.09 bits per heavy atom. The summed E-state index contributed by atoms with van der Waals surface area (Å²) >= 11 is 2.08. The quantitative estimate of drug-likeness (QED) is 0.580. The third-order valence-electron chi connectivity index (χ3n) is 1.34. The smallest absolute Gasteiger partial charge is 0.214 e. The number of nitrogens with one attached hydrogen (secondary N) is 1. The van der Waals surface area contributed by atoms with E-state index < -0.39 is 5.95 Å². The fourth-order valence-electron chi connectivity index (χ4n) is 0.844. The summed E-state index contributed by atoms with van der Waals surface area (Å²) in [5.41, 5.74) is 0.425. The van der Waals surface area contributed by atoms with E-state index in [1.165, 1.54) is 6.07 Å². The van der Waals surface area contributed by atoms with Crippen LogP contribution in [-0.2, 0) is 0 Å². The summed E-state index contributed by atoms with van der Waals surface area (Å²) in [5, 5.41) is 7.36. The Morgan fingerprint density at radius 1 is 1.45 bits per heavy atom. The molecule has 0 aliphatic heterocycles. The molecule has 2 heterocycles.